The van der Waals surface area contributed by atoms with Crippen molar-refractivity contribution in [3.63, 3.8) is 0 Å². The number of carbonyl (C=O) groups is 2. The van der Waals surface area contributed by atoms with Crippen LogP contribution in [0.1, 0.15) is 21.5 Å². The Balaban J connectivity index is 1.59. The molecule has 36 heavy (non-hydrogen) atoms. The predicted molar refractivity (Wildman–Crippen MR) is 141 cm³/mol. The van der Waals surface area contributed by atoms with Crippen molar-refractivity contribution >= 4 is 35.2 Å². The molecule has 2 aromatic carbocycles. The van der Waals surface area contributed by atoms with Gasteiger partial charge < -0.3 is 31.4 Å². The smallest absolute Gasteiger partial charge is 0.251 e. The quantitative estimate of drug-likeness (QED) is 0.220. The van der Waals surface area contributed by atoms with Crippen LogP contribution in [0.3, 0.4) is 0 Å². The van der Waals surface area contributed by atoms with E-state index >= 15 is 0 Å². The number of nitrogen functional groups attached to an aromatic ring is 1. The number of nitrogens with two attached hydrogens (primary N) is 1. The number of hydrogen-bond acceptors (Lipinski definition) is 7. The van der Waals surface area contributed by atoms with Gasteiger partial charge in [0.05, 0.1) is 18.9 Å². The molecule has 3 aromatic rings. The predicted octanol–water partition coefficient (Wildman–Crippen LogP) is 3.22. The fourth-order valence-electron chi connectivity index (χ4n) is 3.89. The maximum atomic E-state index is 13.2. The normalized spacial score (nSPS) is 13.1. The van der Waals surface area contributed by atoms with E-state index in [4.69, 9.17) is 20.9 Å². The fourth-order valence-corrected chi connectivity index (χ4v) is 3.89. The lowest BCUT2D eigenvalue weighted by Crippen LogP contribution is -2.37. The molecule has 2 amide bonds. The van der Waals surface area contributed by atoms with Crippen molar-refractivity contribution in [2.24, 2.45) is 0 Å². The van der Waals surface area contributed by atoms with Crippen LogP contribution < -0.4 is 21.3 Å². The third-order valence-corrected chi connectivity index (χ3v) is 5.83. The Morgan fingerprint density at radius 1 is 1.14 bits per heavy atom. The van der Waals surface area contributed by atoms with Gasteiger partial charge in [0.2, 0.25) is 5.91 Å². The van der Waals surface area contributed by atoms with Crippen LogP contribution in [0, 0.1) is 5.41 Å². The molecule has 4 rings (SSSR count). The van der Waals surface area contributed by atoms with Gasteiger partial charge in [-0.1, -0.05) is 30.8 Å². The molecule has 184 valence electrons. The number of ether oxygens (including phenoxy) is 1. The van der Waals surface area contributed by atoms with Crippen molar-refractivity contribution in [2.75, 3.05) is 42.3 Å². The maximum Gasteiger partial charge on any atom is 0.251 e. The van der Waals surface area contributed by atoms with E-state index in [9.17, 15) is 9.59 Å². The van der Waals surface area contributed by atoms with Crippen molar-refractivity contribution in [1.82, 2.24) is 10.3 Å². The van der Waals surface area contributed by atoms with Gasteiger partial charge in [0, 0.05) is 53.9 Å². The zero-order valence-corrected chi connectivity index (χ0v) is 19.8. The van der Waals surface area contributed by atoms with Crippen molar-refractivity contribution in [3.8, 4) is 11.3 Å². The number of morpholine rings is 1. The highest BCUT2D eigenvalue weighted by atomic mass is 16.5. The Hall–Kier alpha value is -4.50. The molecular formula is C27H28N6O3. The highest BCUT2D eigenvalue weighted by molar-refractivity contribution is 5.99. The van der Waals surface area contributed by atoms with Gasteiger partial charge in [0.1, 0.15) is 5.82 Å². The van der Waals surface area contributed by atoms with Crippen LogP contribution in [0.25, 0.3) is 11.3 Å². The fraction of sp³-hybridized carbons (Fsp3) is 0.185. The molecule has 2 heterocycles. The lowest BCUT2D eigenvalue weighted by molar-refractivity contribution is -0.111. The van der Waals surface area contributed by atoms with E-state index in [0.717, 1.165) is 5.56 Å². The standard InChI is InChI=1S/C27H28N6O3/c1-2-26(34)31-20-8-6-18(7-9-20)17-30-27(35)19-14-24(21-4-3-5-23(29)22(21)16-28)32-25(15-19)33-10-12-36-13-11-33/h2-9,14-16,28H,1,10-13,17,29H2,(H,30,35)(H,31,34). The molecule has 1 saturated heterocycles. The van der Waals surface area contributed by atoms with Crippen molar-refractivity contribution in [3.05, 3.63) is 83.9 Å². The lowest BCUT2D eigenvalue weighted by atomic mass is 10.0. The highest BCUT2D eigenvalue weighted by Gasteiger charge is 2.19. The van der Waals surface area contributed by atoms with Crippen LogP contribution >= 0.6 is 0 Å². The molecule has 1 aliphatic rings. The molecule has 1 aromatic heterocycles. The first-order chi connectivity index (χ1) is 17.5. The second-order valence-corrected chi connectivity index (χ2v) is 8.22. The summed E-state index contributed by atoms with van der Waals surface area (Å²) in [6.45, 7) is 6.25. The minimum Gasteiger partial charge on any atom is -0.398 e. The first kappa shape index (κ1) is 24.6. The number of aromatic nitrogens is 1. The minimum atomic E-state index is -0.285. The van der Waals surface area contributed by atoms with Crippen molar-refractivity contribution in [1.29, 1.82) is 5.41 Å². The Labute approximate surface area is 209 Å². The van der Waals surface area contributed by atoms with Crippen LogP contribution in [-0.4, -0.2) is 49.3 Å². The van der Waals surface area contributed by atoms with E-state index in [1.807, 2.05) is 24.3 Å². The number of benzene rings is 2. The van der Waals surface area contributed by atoms with E-state index in [-0.39, 0.29) is 11.8 Å². The lowest BCUT2D eigenvalue weighted by Gasteiger charge is -2.28. The molecule has 0 unspecified atom stereocenters. The third-order valence-electron chi connectivity index (χ3n) is 5.83. The number of nitrogens with one attached hydrogen (secondary N) is 3. The van der Waals surface area contributed by atoms with E-state index in [0.29, 0.717) is 72.4 Å². The van der Waals surface area contributed by atoms with Gasteiger partial charge >= 0.3 is 0 Å². The second-order valence-electron chi connectivity index (χ2n) is 8.22. The average Bonchev–Trinajstić information content (AvgIpc) is 2.92. The summed E-state index contributed by atoms with van der Waals surface area (Å²) in [4.78, 5) is 31.5. The van der Waals surface area contributed by atoms with Crippen LogP contribution in [0.2, 0.25) is 0 Å². The zero-order chi connectivity index (χ0) is 25.5. The minimum absolute atomic E-state index is 0.252. The van der Waals surface area contributed by atoms with Gasteiger partial charge in [-0.2, -0.15) is 0 Å². The second kappa shape index (κ2) is 11.3. The number of carbonyl (C=O) groups excluding carboxylic acids is 2. The van der Waals surface area contributed by atoms with E-state index in [1.165, 1.54) is 12.3 Å². The number of hydrogen-bond donors (Lipinski definition) is 4. The Morgan fingerprint density at radius 2 is 1.89 bits per heavy atom. The Morgan fingerprint density at radius 3 is 2.58 bits per heavy atom. The Bertz CT molecular complexity index is 1280. The zero-order valence-electron chi connectivity index (χ0n) is 19.8. The molecule has 5 N–H and O–H groups in total. The number of pyridine rings is 1. The molecule has 0 spiro atoms. The summed E-state index contributed by atoms with van der Waals surface area (Å²) in [6, 6.07) is 16.1. The topological polar surface area (TPSA) is 133 Å². The molecular weight excluding hydrogens is 456 g/mol. The summed E-state index contributed by atoms with van der Waals surface area (Å²) >= 11 is 0. The van der Waals surface area contributed by atoms with Gasteiger partial charge in [0.15, 0.2) is 0 Å². The molecule has 0 bridgehead atoms. The van der Waals surface area contributed by atoms with Crippen LogP contribution in [0.4, 0.5) is 17.2 Å². The number of rotatable bonds is 8. The number of anilines is 3. The van der Waals surface area contributed by atoms with Crippen molar-refractivity contribution < 1.29 is 14.3 Å². The average molecular weight is 485 g/mol. The molecule has 0 aliphatic carbocycles. The summed E-state index contributed by atoms with van der Waals surface area (Å²) in [7, 11) is 0. The third kappa shape index (κ3) is 5.76. The molecule has 0 radical (unpaired) electrons. The SMILES string of the molecule is C=CC(=O)Nc1ccc(CNC(=O)c2cc(-c3cccc(N)c3C=N)nc(N3CCOCC3)c2)cc1. The summed E-state index contributed by atoms with van der Waals surface area (Å²) in [5.74, 6) is 0.131. The molecule has 9 nitrogen and oxygen atoms in total. The van der Waals surface area contributed by atoms with Crippen LogP contribution in [-0.2, 0) is 16.1 Å². The van der Waals surface area contributed by atoms with E-state index < -0.39 is 0 Å². The monoisotopic (exact) mass is 484 g/mol. The summed E-state index contributed by atoms with van der Waals surface area (Å²) in [6.07, 6.45) is 2.41. The number of amides is 2. The molecule has 0 atom stereocenters. The first-order valence-corrected chi connectivity index (χ1v) is 11.5. The van der Waals surface area contributed by atoms with Gasteiger partial charge in [-0.3, -0.25) is 9.59 Å². The van der Waals surface area contributed by atoms with Crippen LogP contribution in [0.15, 0.2) is 67.3 Å². The first-order valence-electron chi connectivity index (χ1n) is 11.5. The molecule has 0 saturated carbocycles. The van der Waals surface area contributed by atoms with Gasteiger partial charge in [-0.05, 0) is 42.0 Å². The van der Waals surface area contributed by atoms with Crippen molar-refractivity contribution in [2.45, 2.75) is 6.54 Å². The van der Waals surface area contributed by atoms with E-state index in [2.05, 4.69) is 22.1 Å². The largest absolute Gasteiger partial charge is 0.398 e. The summed E-state index contributed by atoms with van der Waals surface area (Å²) in [5, 5.41) is 13.5. The van der Waals surface area contributed by atoms with Crippen LogP contribution in [0.5, 0.6) is 0 Å². The van der Waals surface area contributed by atoms with Gasteiger partial charge in [0.25, 0.3) is 5.91 Å². The molecule has 9 heteroatoms. The highest BCUT2D eigenvalue weighted by Crippen LogP contribution is 2.28. The van der Waals surface area contributed by atoms with E-state index in [1.54, 1.807) is 30.3 Å². The molecule has 1 fully saturated rings. The summed E-state index contributed by atoms with van der Waals surface area (Å²) < 4.78 is 5.47. The maximum absolute atomic E-state index is 13.2. The Kier molecular flexibility index (Phi) is 7.72. The molecule has 1 aliphatic heterocycles. The summed E-state index contributed by atoms with van der Waals surface area (Å²) in [5.41, 5.74) is 10.4. The van der Waals surface area contributed by atoms with Gasteiger partial charge in [-0.15, -0.1) is 0 Å². The van der Waals surface area contributed by atoms with Gasteiger partial charge in [-0.25, -0.2) is 4.98 Å². The number of nitrogens with zero attached hydrogens (tertiary/aromatic N) is 2.